The Kier molecular flexibility index (Phi) is 6.35. The van der Waals surface area contributed by atoms with Gasteiger partial charge in [-0.3, -0.25) is 4.79 Å². The first-order chi connectivity index (χ1) is 14.2. The van der Waals surface area contributed by atoms with Gasteiger partial charge in [-0.15, -0.1) is 0 Å². The van der Waals surface area contributed by atoms with Crippen LogP contribution in [0.5, 0.6) is 11.6 Å². The molecule has 5 nitrogen and oxygen atoms in total. The second-order valence-corrected chi connectivity index (χ2v) is 7.14. The maximum atomic E-state index is 14.0. The van der Waals surface area contributed by atoms with Crippen LogP contribution in [0.4, 0.5) is 17.6 Å². The molecular formula is C20H15BrF4N3O2+. The molecule has 0 fully saturated rings. The zero-order chi connectivity index (χ0) is 21.9. The largest absolute Gasteiger partial charge is 0.439 e. The van der Waals surface area contributed by atoms with Crippen LogP contribution in [0.15, 0.2) is 66.2 Å². The van der Waals surface area contributed by atoms with E-state index in [0.717, 1.165) is 21.4 Å². The maximum absolute atomic E-state index is 14.0. The number of benzene rings is 1. The van der Waals surface area contributed by atoms with E-state index >= 15 is 0 Å². The van der Waals surface area contributed by atoms with E-state index in [1.165, 1.54) is 17.0 Å². The molecule has 10 heteroatoms. The van der Waals surface area contributed by atoms with Crippen molar-refractivity contribution in [3.63, 3.8) is 0 Å². The number of allylic oxidation sites excluding steroid dienone is 1. The van der Waals surface area contributed by atoms with Gasteiger partial charge in [0.2, 0.25) is 18.0 Å². The molecule has 3 rings (SSSR count). The summed E-state index contributed by atoms with van der Waals surface area (Å²) in [6.45, 7) is 3.19. The minimum atomic E-state index is -4.83. The van der Waals surface area contributed by atoms with Crippen LogP contribution in [0.25, 0.3) is 0 Å². The predicted molar refractivity (Wildman–Crippen MR) is 103 cm³/mol. The van der Waals surface area contributed by atoms with Crippen LogP contribution in [0.3, 0.4) is 0 Å². The lowest BCUT2D eigenvalue weighted by Gasteiger charge is -2.13. The van der Waals surface area contributed by atoms with Crippen molar-refractivity contribution in [2.75, 3.05) is 0 Å². The number of rotatable bonds is 7. The fraction of sp³-hybridized carbons (Fsp3) is 0.150. The van der Waals surface area contributed by atoms with Crippen molar-refractivity contribution < 1.29 is 31.7 Å². The zero-order valence-corrected chi connectivity index (χ0v) is 17.0. The number of alkyl halides is 3. The van der Waals surface area contributed by atoms with E-state index < -0.39 is 35.6 Å². The van der Waals surface area contributed by atoms with Crippen molar-refractivity contribution in [2.45, 2.75) is 19.3 Å². The van der Waals surface area contributed by atoms with Crippen LogP contribution in [0.1, 0.15) is 15.9 Å². The number of hydrogen-bond acceptors (Lipinski definition) is 3. The van der Waals surface area contributed by atoms with E-state index in [4.69, 9.17) is 4.74 Å². The van der Waals surface area contributed by atoms with Crippen molar-refractivity contribution in [3.05, 3.63) is 83.3 Å². The topological polar surface area (TPSA) is 48.0 Å². The van der Waals surface area contributed by atoms with Crippen molar-refractivity contribution >= 4 is 21.7 Å². The average molecular weight is 485 g/mol. The number of halogens is 5. The van der Waals surface area contributed by atoms with E-state index in [-0.39, 0.29) is 18.2 Å². The molecule has 156 valence electrons. The van der Waals surface area contributed by atoms with Crippen LogP contribution in [0, 0.1) is 5.95 Å². The van der Waals surface area contributed by atoms with Gasteiger partial charge in [0.1, 0.15) is 12.3 Å². The van der Waals surface area contributed by atoms with Gasteiger partial charge in [-0.25, -0.2) is 9.55 Å². The van der Waals surface area contributed by atoms with Crippen molar-refractivity contribution in [2.24, 2.45) is 0 Å². The molecule has 30 heavy (non-hydrogen) atoms. The Morgan fingerprint density at radius 1 is 1.30 bits per heavy atom. The summed E-state index contributed by atoms with van der Waals surface area (Å²) in [6.07, 6.45) is -0.128. The SMILES string of the molecule is C=CC[n+]1cc(F)n(CC(=O)c2cnc(Oc3ccc(Br)cc3)cc2C(F)(F)F)c1. The molecule has 1 aromatic carbocycles. The van der Waals surface area contributed by atoms with Gasteiger partial charge in [-0.2, -0.15) is 22.1 Å². The quantitative estimate of drug-likeness (QED) is 0.206. The molecule has 0 saturated carbocycles. The second kappa shape index (κ2) is 8.78. The molecule has 0 amide bonds. The molecule has 3 aromatic rings. The molecule has 0 radical (unpaired) electrons. The molecule has 0 N–H and O–H groups in total. The van der Waals surface area contributed by atoms with E-state index in [0.29, 0.717) is 6.07 Å². The molecule has 0 atom stereocenters. The Morgan fingerprint density at radius 3 is 2.63 bits per heavy atom. The summed E-state index contributed by atoms with van der Waals surface area (Å²) in [5.74, 6) is -1.75. The number of ether oxygens (including phenoxy) is 1. The van der Waals surface area contributed by atoms with Gasteiger partial charge in [0.15, 0.2) is 12.7 Å². The number of aromatic nitrogens is 3. The highest BCUT2D eigenvalue weighted by molar-refractivity contribution is 9.10. The molecule has 0 bridgehead atoms. The van der Waals surface area contributed by atoms with E-state index in [1.54, 1.807) is 24.3 Å². The van der Waals surface area contributed by atoms with Crippen LogP contribution >= 0.6 is 15.9 Å². The zero-order valence-electron chi connectivity index (χ0n) is 15.4. The highest BCUT2D eigenvalue weighted by Gasteiger charge is 2.37. The summed E-state index contributed by atoms with van der Waals surface area (Å²) in [7, 11) is 0. The first-order valence-electron chi connectivity index (χ1n) is 8.57. The number of hydrogen-bond donors (Lipinski definition) is 0. The molecule has 0 spiro atoms. The number of ketones is 1. The number of pyridine rings is 1. The molecule has 0 unspecified atom stereocenters. The third-order valence-corrected chi connectivity index (χ3v) is 4.54. The summed E-state index contributed by atoms with van der Waals surface area (Å²) >= 11 is 3.24. The molecule has 0 aliphatic heterocycles. The molecule has 2 aromatic heterocycles. The van der Waals surface area contributed by atoms with Crippen LogP contribution in [0.2, 0.25) is 0 Å². The van der Waals surface area contributed by atoms with Gasteiger partial charge in [0.25, 0.3) is 0 Å². The number of imidazole rings is 1. The minimum Gasteiger partial charge on any atom is -0.439 e. The average Bonchev–Trinajstić information content (AvgIpc) is 3.02. The lowest BCUT2D eigenvalue weighted by atomic mass is 10.1. The van der Waals surface area contributed by atoms with Gasteiger partial charge < -0.3 is 4.74 Å². The van der Waals surface area contributed by atoms with Crippen LogP contribution in [-0.4, -0.2) is 15.3 Å². The van der Waals surface area contributed by atoms with E-state index in [1.807, 2.05) is 0 Å². The second-order valence-electron chi connectivity index (χ2n) is 6.23. The maximum Gasteiger partial charge on any atom is 0.417 e. The molecule has 2 heterocycles. The van der Waals surface area contributed by atoms with Gasteiger partial charge >= 0.3 is 12.1 Å². The number of carbonyl (C=O) groups is 1. The highest BCUT2D eigenvalue weighted by atomic mass is 79.9. The van der Waals surface area contributed by atoms with Crippen molar-refractivity contribution in [1.29, 1.82) is 0 Å². The summed E-state index contributed by atoms with van der Waals surface area (Å²) in [5, 5.41) is 0. The Labute approximate surface area is 177 Å². The standard InChI is InChI=1S/C20H15BrF4N3O2/c1-2-7-27-11-18(22)28(12-27)10-17(29)15-9-26-19(8-16(15)20(23,24)25)30-14-5-3-13(21)4-6-14/h2-6,8-9,11-12H,1,7,10H2/q+1. The number of nitrogens with zero attached hydrogens (tertiary/aromatic N) is 3. The third-order valence-electron chi connectivity index (χ3n) is 4.01. The van der Waals surface area contributed by atoms with Gasteiger partial charge in [0.05, 0.1) is 11.1 Å². The normalized spacial score (nSPS) is 11.4. The molecule has 0 saturated heterocycles. The van der Waals surface area contributed by atoms with Gasteiger partial charge in [-0.1, -0.05) is 28.6 Å². The summed E-state index contributed by atoms with van der Waals surface area (Å²) in [4.78, 5) is 16.3. The van der Waals surface area contributed by atoms with Gasteiger partial charge in [-0.05, 0) is 24.3 Å². The smallest absolute Gasteiger partial charge is 0.417 e. The van der Waals surface area contributed by atoms with E-state index in [9.17, 15) is 22.4 Å². The van der Waals surface area contributed by atoms with Crippen LogP contribution < -0.4 is 9.30 Å². The monoisotopic (exact) mass is 484 g/mol. The van der Waals surface area contributed by atoms with E-state index in [2.05, 4.69) is 27.5 Å². The lowest BCUT2D eigenvalue weighted by molar-refractivity contribution is -0.687. The number of Topliss-reactive ketones (excluding diaryl/α,β-unsaturated/α-hetero) is 1. The fourth-order valence-electron chi connectivity index (χ4n) is 2.66. The third kappa shape index (κ3) is 5.12. The summed E-state index contributed by atoms with van der Waals surface area (Å²) < 4.78 is 63.1. The number of carbonyl (C=O) groups excluding carboxylic acids is 1. The molecule has 0 aliphatic rings. The Morgan fingerprint density at radius 2 is 2.00 bits per heavy atom. The summed E-state index contributed by atoms with van der Waals surface area (Å²) in [6, 6.07) is 7.06. The van der Waals surface area contributed by atoms with Gasteiger partial charge in [0, 0.05) is 16.7 Å². The Bertz CT molecular complexity index is 1080. The fourth-order valence-corrected chi connectivity index (χ4v) is 2.92. The highest BCUT2D eigenvalue weighted by Crippen LogP contribution is 2.35. The minimum absolute atomic E-state index is 0.277. The Balaban J connectivity index is 1.89. The molecular weight excluding hydrogens is 470 g/mol. The lowest BCUT2D eigenvalue weighted by Crippen LogP contribution is -2.30. The first kappa shape index (κ1) is 21.7. The first-order valence-corrected chi connectivity index (χ1v) is 9.36. The van der Waals surface area contributed by atoms with Crippen LogP contribution in [-0.2, 0) is 19.3 Å². The molecule has 0 aliphatic carbocycles. The van der Waals surface area contributed by atoms with Crippen molar-refractivity contribution in [1.82, 2.24) is 9.55 Å². The Hall–Kier alpha value is -3.01. The predicted octanol–water partition coefficient (Wildman–Crippen LogP) is 4.95. The van der Waals surface area contributed by atoms with Crippen molar-refractivity contribution in [3.8, 4) is 11.6 Å². The summed E-state index contributed by atoms with van der Waals surface area (Å²) in [5.41, 5.74) is -1.88.